The highest BCUT2D eigenvalue weighted by molar-refractivity contribution is 6.90. The average molecular weight is 449 g/mol. The van der Waals surface area contributed by atoms with Crippen molar-refractivity contribution in [2.45, 2.75) is 58.2 Å². The highest BCUT2D eigenvalue weighted by Gasteiger charge is 2.41. The van der Waals surface area contributed by atoms with Gasteiger partial charge in [-0.15, -0.1) is 5.54 Å². The summed E-state index contributed by atoms with van der Waals surface area (Å²) in [6.07, 6.45) is 0. The molecule has 1 aromatic heterocycles. The maximum atomic E-state index is 6.40. The summed E-state index contributed by atoms with van der Waals surface area (Å²) in [4.78, 5) is 0. The Kier molecular flexibility index (Phi) is 5.34. The molecule has 0 atom stereocenters. The molecule has 0 bridgehead atoms. The third-order valence-corrected chi connectivity index (χ3v) is 13.9. The Bertz CT molecular complexity index is 1530. The van der Waals surface area contributed by atoms with Gasteiger partial charge in [-0.25, -0.2) is 0 Å². The highest BCUT2D eigenvalue weighted by atomic mass is 28.3. The van der Waals surface area contributed by atoms with Crippen LogP contribution in [0, 0.1) is 11.5 Å². The molecular formula is C31H32OSi. The van der Waals surface area contributed by atoms with Crippen molar-refractivity contribution < 1.29 is 4.42 Å². The van der Waals surface area contributed by atoms with Crippen LogP contribution in [0.2, 0.25) is 16.6 Å². The molecule has 0 spiro atoms. The number of fused-ring (bicyclic) bond motifs is 6. The van der Waals surface area contributed by atoms with Crippen molar-refractivity contribution in [1.29, 1.82) is 0 Å². The van der Waals surface area contributed by atoms with E-state index in [9.17, 15) is 0 Å². The van der Waals surface area contributed by atoms with Crippen molar-refractivity contribution in [2.24, 2.45) is 0 Å². The summed E-state index contributed by atoms with van der Waals surface area (Å²) in [5, 5.41) is 8.57. The third kappa shape index (κ3) is 3.47. The minimum Gasteiger partial charge on any atom is -0.447 e. The molecule has 0 aliphatic rings. The molecule has 0 amide bonds. The lowest BCUT2D eigenvalue weighted by atomic mass is 9.97. The van der Waals surface area contributed by atoms with E-state index < -0.39 is 8.07 Å². The molecule has 2 heteroatoms. The van der Waals surface area contributed by atoms with E-state index in [4.69, 9.17) is 4.42 Å². The van der Waals surface area contributed by atoms with Gasteiger partial charge in [-0.1, -0.05) is 84.0 Å². The van der Waals surface area contributed by atoms with Crippen LogP contribution in [0.25, 0.3) is 43.3 Å². The summed E-state index contributed by atoms with van der Waals surface area (Å²) in [6, 6.07) is 24.1. The maximum absolute atomic E-state index is 6.40. The first-order chi connectivity index (χ1) is 15.8. The van der Waals surface area contributed by atoms with Crippen molar-refractivity contribution in [1.82, 2.24) is 0 Å². The molecule has 0 radical (unpaired) electrons. The number of rotatable bonds is 3. The van der Waals surface area contributed by atoms with Gasteiger partial charge in [-0.05, 0) is 67.7 Å². The quantitative estimate of drug-likeness (QED) is 0.116. The first kappa shape index (κ1) is 21.8. The van der Waals surface area contributed by atoms with Gasteiger partial charge in [0.1, 0.15) is 13.7 Å². The minimum absolute atomic E-state index is 0.608. The molecule has 5 aromatic rings. The second-order valence-corrected chi connectivity index (χ2v) is 15.9. The van der Waals surface area contributed by atoms with Gasteiger partial charge < -0.3 is 4.42 Å². The van der Waals surface area contributed by atoms with Crippen LogP contribution in [0.4, 0.5) is 0 Å². The molecule has 0 unspecified atom stereocenters. The molecule has 0 aliphatic heterocycles. The van der Waals surface area contributed by atoms with Crippen LogP contribution < -0.4 is 0 Å². The van der Waals surface area contributed by atoms with Gasteiger partial charge in [0.25, 0.3) is 0 Å². The summed E-state index contributed by atoms with van der Waals surface area (Å²) >= 11 is 0. The zero-order valence-electron chi connectivity index (χ0n) is 20.5. The molecule has 0 N–H and O–H groups in total. The van der Waals surface area contributed by atoms with Crippen LogP contribution in [-0.4, -0.2) is 8.07 Å². The van der Waals surface area contributed by atoms with Gasteiger partial charge >= 0.3 is 0 Å². The van der Waals surface area contributed by atoms with Crippen molar-refractivity contribution in [3.05, 3.63) is 72.5 Å². The lowest BCUT2D eigenvalue weighted by Crippen LogP contribution is -2.43. The molecule has 0 saturated heterocycles. The van der Waals surface area contributed by atoms with Crippen LogP contribution in [0.3, 0.4) is 0 Å². The van der Waals surface area contributed by atoms with Gasteiger partial charge in [0.05, 0.1) is 0 Å². The summed E-state index contributed by atoms with van der Waals surface area (Å²) in [5.41, 5.74) is 6.57. The van der Waals surface area contributed by atoms with E-state index in [1.165, 1.54) is 26.9 Å². The monoisotopic (exact) mass is 448 g/mol. The fourth-order valence-electron chi connectivity index (χ4n) is 5.99. The van der Waals surface area contributed by atoms with Crippen molar-refractivity contribution in [3.63, 3.8) is 0 Å². The van der Waals surface area contributed by atoms with Crippen molar-refractivity contribution >= 4 is 51.4 Å². The Morgan fingerprint density at radius 2 is 1.21 bits per heavy atom. The molecular weight excluding hydrogens is 416 g/mol. The number of hydrogen-bond donors (Lipinski definition) is 0. The van der Waals surface area contributed by atoms with E-state index >= 15 is 0 Å². The van der Waals surface area contributed by atoms with Crippen molar-refractivity contribution in [3.8, 4) is 11.5 Å². The first-order valence-corrected chi connectivity index (χ1v) is 14.4. The van der Waals surface area contributed by atoms with E-state index in [-0.39, 0.29) is 0 Å². The molecule has 0 aliphatic carbocycles. The van der Waals surface area contributed by atoms with Crippen LogP contribution in [-0.2, 0) is 0 Å². The topological polar surface area (TPSA) is 13.1 Å². The zero-order chi connectivity index (χ0) is 23.3. The highest BCUT2D eigenvalue weighted by Crippen LogP contribution is 2.41. The molecule has 4 aromatic carbocycles. The van der Waals surface area contributed by atoms with Crippen LogP contribution in [0.1, 0.15) is 47.3 Å². The van der Waals surface area contributed by atoms with E-state index in [1.54, 1.807) is 0 Å². The molecule has 166 valence electrons. The third-order valence-electron chi connectivity index (χ3n) is 7.63. The fourth-order valence-corrected chi connectivity index (χ4v) is 11.2. The zero-order valence-corrected chi connectivity index (χ0v) is 21.5. The number of hydrogen-bond acceptors (Lipinski definition) is 1. The molecule has 0 saturated carbocycles. The lowest BCUT2D eigenvalue weighted by Gasteiger charge is -2.37. The second kappa shape index (κ2) is 8.08. The van der Waals surface area contributed by atoms with Gasteiger partial charge in [-0.3, -0.25) is 0 Å². The normalized spacial score (nSPS) is 12.5. The van der Waals surface area contributed by atoms with E-state index in [2.05, 4.69) is 120 Å². The van der Waals surface area contributed by atoms with E-state index in [1.807, 2.05) is 0 Å². The Labute approximate surface area is 197 Å². The van der Waals surface area contributed by atoms with E-state index in [0.717, 1.165) is 22.1 Å². The molecule has 1 nitrogen and oxygen atoms in total. The standard InChI is InChI=1S/C31H32OSi/c1-20(2)33(21(3)4,22(5)6)16-15-27-18-26-12-13-28-29(31(26)32-27)14-11-25-17-23-9-7-8-10-24(23)19-30(25)28/h7-14,17-22H,1-6H3. The van der Waals surface area contributed by atoms with Gasteiger partial charge in [-0.2, -0.15) is 0 Å². The predicted molar refractivity (Wildman–Crippen MR) is 147 cm³/mol. The largest absolute Gasteiger partial charge is 0.447 e. The average Bonchev–Trinajstić information content (AvgIpc) is 3.20. The summed E-state index contributed by atoms with van der Waals surface area (Å²) in [7, 11) is -1.80. The Morgan fingerprint density at radius 3 is 1.88 bits per heavy atom. The minimum atomic E-state index is -1.80. The molecule has 1 heterocycles. The lowest BCUT2D eigenvalue weighted by molar-refractivity contribution is 0.604. The molecule has 5 rings (SSSR count). The van der Waals surface area contributed by atoms with Crippen LogP contribution >= 0.6 is 0 Å². The maximum Gasteiger partial charge on any atom is 0.177 e. The SMILES string of the molecule is CC(C)[Si](C#Cc1cc2ccc3c4cc5ccccc5cc4ccc3c2o1)(C(C)C)C(C)C. The van der Waals surface area contributed by atoms with E-state index in [0.29, 0.717) is 16.6 Å². The van der Waals surface area contributed by atoms with Gasteiger partial charge in [0, 0.05) is 16.8 Å². The summed E-state index contributed by atoms with van der Waals surface area (Å²) in [6.45, 7) is 14.1. The van der Waals surface area contributed by atoms with Crippen LogP contribution in [0.15, 0.2) is 71.1 Å². The summed E-state index contributed by atoms with van der Waals surface area (Å²) < 4.78 is 6.40. The van der Waals surface area contributed by atoms with Gasteiger partial charge in [0.15, 0.2) is 5.76 Å². The Balaban J connectivity index is 1.69. The Hall–Kier alpha value is -3.02. The second-order valence-electron chi connectivity index (χ2n) is 10.3. The predicted octanol–water partition coefficient (Wildman–Crippen LogP) is 9.46. The number of benzene rings is 4. The molecule has 0 fully saturated rings. The smallest absolute Gasteiger partial charge is 0.177 e. The molecule has 33 heavy (non-hydrogen) atoms. The van der Waals surface area contributed by atoms with Crippen LogP contribution in [0.5, 0.6) is 0 Å². The summed E-state index contributed by atoms with van der Waals surface area (Å²) in [5.74, 6) is 4.28. The first-order valence-electron chi connectivity index (χ1n) is 12.1. The van der Waals surface area contributed by atoms with Crippen molar-refractivity contribution in [2.75, 3.05) is 0 Å². The number of furan rings is 1. The fraction of sp³-hybridized carbons (Fsp3) is 0.290. The van der Waals surface area contributed by atoms with Gasteiger partial charge in [0.2, 0.25) is 0 Å². The Morgan fingerprint density at radius 1 is 0.606 bits per heavy atom.